The summed E-state index contributed by atoms with van der Waals surface area (Å²) in [7, 11) is 0. The molecule has 0 heterocycles. The lowest BCUT2D eigenvalue weighted by Gasteiger charge is -2.44. The fourth-order valence-electron chi connectivity index (χ4n) is 3.20. The molecular weight excluding hydrogens is 196 g/mol. The van der Waals surface area contributed by atoms with Gasteiger partial charge in [-0.1, -0.05) is 20.8 Å². The normalized spacial score (nSPS) is 31.3. The van der Waals surface area contributed by atoms with E-state index in [4.69, 9.17) is 0 Å². The Balaban J connectivity index is 2.68. The maximum atomic E-state index is 3.68. The van der Waals surface area contributed by atoms with Gasteiger partial charge in [0.1, 0.15) is 0 Å². The van der Waals surface area contributed by atoms with Crippen molar-refractivity contribution >= 4 is 0 Å². The molecule has 0 saturated heterocycles. The van der Waals surface area contributed by atoms with Crippen LogP contribution in [0, 0.1) is 5.92 Å². The summed E-state index contributed by atoms with van der Waals surface area (Å²) in [6.07, 6.45) is 4.11. The fraction of sp³-hybridized carbons (Fsp3) is 1.00. The zero-order valence-corrected chi connectivity index (χ0v) is 11.8. The third kappa shape index (κ3) is 3.46. The van der Waals surface area contributed by atoms with Gasteiger partial charge in [0.2, 0.25) is 0 Å². The monoisotopic (exact) mass is 226 g/mol. The fourth-order valence-corrected chi connectivity index (χ4v) is 3.20. The molecule has 2 heteroatoms. The van der Waals surface area contributed by atoms with Crippen molar-refractivity contribution < 1.29 is 0 Å². The molecule has 1 aliphatic carbocycles. The van der Waals surface area contributed by atoms with E-state index in [9.17, 15) is 0 Å². The van der Waals surface area contributed by atoms with Gasteiger partial charge in [-0.15, -0.1) is 0 Å². The van der Waals surface area contributed by atoms with Crippen LogP contribution in [-0.4, -0.2) is 36.1 Å². The molecule has 1 fully saturated rings. The van der Waals surface area contributed by atoms with Crippen molar-refractivity contribution in [1.82, 2.24) is 10.2 Å². The van der Waals surface area contributed by atoms with Gasteiger partial charge < -0.3 is 5.32 Å². The quantitative estimate of drug-likeness (QED) is 0.775. The molecular formula is C14H30N2. The van der Waals surface area contributed by atoms with E-state index in [0.29, 0.717) is 12.1 Å². The lowest BCUT2D eigenvalue weighted by atomic mass is 9.82. The summed E-state index contributed by atoms with van der Waals surface area (Å²) < 4.78 is 0. The van der Waals surface area contributed by atoms with Crippen molar-refractivity contribution in [3.05, 3.63) is 0 Å². The van der Waals surface area contributed by atoms with E-state index in [1.807, 2.05) is 0 Å². The van der Waals surface area contributed by atoms with Gasteiger partial charge in [-0.2, -0.15) is 0 Å². The van der Waals surface area contributed by atoms with Gasteiger partial charge in [0.05, 0.1) is 0 Å². The highest BCUT2D eigenvalue weighted by molar-refractivity contribution is 4.90. The SMILES string of the molecule is CCNC1CCC(C)CC1N(CC)C(C)C. The van der Waals surface area contributed by atoms with E-state index in [0.717, 1.165) is 18.5 Å². The molecule has 2 nitrogen and oxygen atoms in total. The maximum Gasteiger partial charge on any atom is 0.0254 e. The summed E-state index contributed by atoms with van der Waals surface area (Å²) >= 11 is 0. The van der Waals surface area contributed by atoms with Crippen LogP contribution in [-0.2, 0) is 0 Å². The van der Waals surface area contributed by atoms with Gasteiger partial charge in [0, 0.05) is 18.1 Å². The van der Waals surface area contributed by atoms with E-state index in [1.165, 1.54) is 25.8 Å². The second-order valence-corrected chi connectivity index (χ2v) is 5.57. The third-order valence-electron chi connectivity index (χ3n) is 4.00. The molecule has 0 aromatic heterocycles. The highest BCUT2D eigenvalue weighted by atomic mass is 15.2. The Bertz CT molecular complexity index is 191. The van der Waals surface area contributed by atoms with Gasteiger partial charge in [-0.25, -0.2) is 0 Å². The minimum absolute atomic E-state index is 0.668. The van der Waals surface area contributed by atoms with Gasteiger partial charge in [0.25, 0.3) is 0 Å². The van der Waals surface area contributed by atoms with Crippen molar-refractivity contribution in [1.29, 1.82) is 0 Å². The minimum atomic E-state index is 0.668. The minimum Gasteiger partial charge on any atom is -0.313 e. The number of hydrogen-bond acceptors (Lipinski definition) is 2. The second-order valence-electron chi connectivity index (χ2n) is 5.57. The Hall–Kier alpha value is -0.0800. The molecule has 3 atom stereocenters. The molecule has 1 N–H and O–H groups in total. The summed E-state index contributed by atoms with van der Waals surface area (Å²) in [6, 6.07) is 2.12. The number of nitrogens with one attached hydrogen (secondary N) is 1. The number of rotatable bonds is 5. The summed E-state index contributed by atoms with van der Waals surface area (Å²) in [4.78, 5) is 2.67. The van der Waals surface area contributed by atoms with Crippen molar-refractivity contribution in [3.63, 3.8) is 0 Å². The lowest BCUT2D eigenvalue weighted by molar-refractivity contribution is 0.0804. The highest BCUT2D eigenvalue weighted by Crippen LogP contribution is 2.28. The van der Waals surface area contributed by atoms with Crippen molar-refractivity contribution in [3.8, 4) is 0 Å². The first-order valence-electron chi connectivity index (χ1n) is 7.09. The molecule has 3 unspecified atom stereocenters. The molecule has 0 aromatic rings. The van der Waals surface area contributed by atoms with E-state index in [2.05, 4.69) is 44.8 Å². The molecule has 0 aromatic carbocycles. The Morgan fingerprint density at radius 1 is 1.25 bits per heavy atom. The smallest absolute Gasteiger partial charge is 0.0254 e. The number of nitrogens with zero attached hydrogens (tertiary/aromatic N) is 1. The van der Waals surface area contributed by atoms with Crippen LogP contribution in [0.2, 0.25) is 0 Å². The Morgan fingerprint density at radius 2 is 1.94 bits per heavy atom. The van der Waals surface area contributed by atoms with Crippen molar-refractivity contribution in [2.75, 3.05) is 13.1 Å². The molecule has 1 aliphatic rings. The largest absolute Gasteiger partial charge is 0.313 e. The van der Waals surface area contributed by atoms with Crippen LogP contribution in [0.5, 0.6) is 0 Å². The Labute approximate surface area is 102 Å². The molecule has 16 heavy (non-hydrogen) atoms. The zero-order chi connectivity index (χ0) is 12.1. The topological polar surface area (TPSA) is 15.3 Å². The molecule has 1 rings (SSSR count). The number of likely N-dealkylation sites (N-methyl/N-ethyl adjacent to an activating group) is 2. The molecule has 1 saturated carbocycles. The van der Waals surface area contributed by atoms with Gasteiger partial charge in [-0.05, 0) is 52.1 Å². The van der Waals surface area contributed by atoms with Crippen LogP contribution in [0.4, 0.5) is 0 Å². The average molecular weight is 226 g/mol. The molecule has 0 amide bonds. The maximum absolute atomic E-state index is 3.68. The van der Waals surface area contributed by atoms with Crippen molar-refractivity contribution in [2.24, 2.45) is 5.92 Å². The summed E-state index contributed by atoms with van der Waals surface area (Å²) in [5, 5.41) is 3.68. The molecule has 0 aliphatic heterocycles. The zero-order valence-electron chi connectivity index (χ0n) is 11.8. The predicted octanol–water partition coefficient (Wildman–Crippen LogP) is 2.88. The van der Waals surface area contributed by atoms with Crippen LogP contribution in [0.15, 0.2) is 0 Å². The van der Waals surface area contributed by atoms with Crippen LogP contribution in [0.25, 0.3) is 0 Å². The molecule has 96 valence electrons. The standard InChI is InChI=1S/C14H30N2/c1-6-15-13-9-8-12(5)10-14(13)16(7-2)11(3)4/h11-15H,6-10H2,1-5H3. The average Bonchev–Trinajstić information content (AvgIpc) is 2.22. The first-order valence-corrected chi connectivity index (χ1v) is 7.09. The molecule has 0 bridgehead atoms. The molecule has 0 radical (unpaired) electrons. The van der Waals surface area contributed by atoms with Crippen LogP contribution in [0.1, 0.15) is 53.9 Å². The first-order chi connectivity index (χ1) is 7.60. The Morgan fingerprint density at radius 3 is 2.44 bits per heavy atom. The number of hydrogen-bond donors (Lipinski definition) is 1. The second kappa shape index (κ2) is 6.61. The van der Waals surface area contributed by atoms with Gasteiger partial charge >= 0.3 is 0 Å². The van der Waals surface area contributed by atoms with Crippen LogP contribution in [0.3, 0.4) is 0 Å². The van der Waals surface area contributed by atoms with Crippen LogP contribution < -0.4 is 5.32 Å². The third-order valence-corrected chi connectivity index (χ3v) is 4.00. The van der Waals surface area contributed by atoms with E-state index < -0.39 is 0 Å². The van der Waals surface area contributed by atoms with Crippen LogP contribution >= 0.6 is 0 Å². The first kappa shape index (κ1) is 14.0. The van der Waals surface area contributed by atoms with E-state index >= 15 is 0 Å². The van der Waals surface area contributed by atoms with E-state index in [-0.39, 0.29) is 0 Å². The predicted molar refractivity (Wildman–Crippen MR) is 71.8 cm³/mol. The van der Waals surface area contributed by atoms with Gasteiger partial charge in [0.15, 0.2) is 0 Å². The highest BCUT2D eigenvalue weighted by Gasteiger charge is 2.32. The lowest BCUT2D eigenvalue weighted by Crippen LogP contribution is -2.55. The van der Waals surface area contributed by atoms with E-state index in [1.54, 1.807) is 0 Å². The Kier molecular flexibility index (Phi) is 5.77. The van der Waals surface area contributed by atoms with Gasteiger partial charge in [-0.3, -0.25) is 4.90 Å². The molecule has 0 spiro atoms. The summed E-state index contributed by atoms with van der Waals surface area (Å²) in [5.41, 5.74) is 0. The van der Waals surface area contributed by atoms with Crippen molar-refractivity contribution in [2.45, 2.75) is 72.0 Å². The summed E-state index contributed by atoms with van der Waals surface area (Å²) in [5.74, 6) is 0.896. The summed E-state index contributed by atoms with van der Waals surface area (Å²) in [6.45, 7) is 13.9.